The van der Waals surface area contributed by atoms with E-state index in [0.29, 0.717) is 67.8 Å². The number of amides is 4. The summed E-state index contributed by atoms with van der Waals surface area (Å²) >= 11 is 0. The average Bonchev–Trinajstić information content (AvgIpc) is 0.892. The van der Waals surface area contributed by atoms with Crippen molar-refractivity contribution < 1.29 is 43.5 Å². The lowest BCUT2D eigenvalue weighted by atomic mass is 10.1. The smallest absolute Gasteiger partial charge is 0.225 e. The second-order valence-corrected chi connectivity index (χ2v) is 44.5. The number of piperazine rings is 6. The van der Waals surface area contributed by atoms with E-state index in [4.69, 9.17) is 16.6 Å². The second kappa shape index (κ2) is 95.9. The molecular formula is C113H242N22O9. The Hall–Kier alpha value is -4.20. The Labute approximate surface area is 888 Å². The summed E-state index contributed by atoms with van der Waals surface area (Å²) in [6.07, 6.45) is 14.2. The number of nitrogens with one attached hydrogen (secondary N) is 7. The van der Waals surface area contributed by atoms with E-state index < -0.39 is 0 Å². The highest BCUT2D eigenvalue weighted by atomic mass is 16.3. The highest BCUT2D eigenvalue weighted by Gasteiger charge is 2.25. The number of carbonyl (C=O) groups is 8. The Balaban J connectivity index is -0.000000489. The topological polar surface area (TPSA) is 335 Å². The predicted molar refractivity (Wildman–Crippen MR) is 615 cm³/mol. The fourth-order valence-corrected chi connectivity index (χ4v) is 17.2. The molecule has 10 aliphatic heterocycles. The molecule has 31 nitrogen and oxygen atoms in total. The number of hydrogen-bond acceptors (Lipinski definition) is 27. The van der Waals surface area contributed by atoms with E-state index in [1.807, 2.05) is 103 Å². The number of hydrogen-bond donors (Lipinski definition) is 10. The zero-order valence-electron chi connectivity index (χ0n) is 96.4. The van der Waals surface area contributed by atoms with Crippen molar-refractivity contribution >= 4 is 46.8 Å². The molecule has 10 aliphatic rings. The van der Waals surface area contributed by atoms with Crippen LogP contribution in [0, 0.1) is 71.0 Å². The standard InChI is InChI=1S/C12H26N2O.C12H26N2.C11H24N2.2C10H20N2O.C10H22N2.2C9H18N2O.2C8H16N2O.C6H13NO.C5H11NO.3CH4/c1-12(2)11-14-7-3-5-13(9-10-15)6-4-8-14;1-4-13-7-5-9-14(10-6-8-13)11-12(2)3;1-11(2)10-13-8-4-6-12(3)7-5-9-13;1-9(2)10(13)3-6-12-7-4-11-5-8-12;1-9(2)3-4-10(13)12-7-5-11-6-8-12;1-10(2)9-12-7-3-5-11-6-4-8-12;1-8(2)9(12)7-11-5-3-10-4-6-11;1-8(2)7-9(12)11-5-3-10-4-6-11;2*1-7(2)8(11)10-5-3-9-4-6-10;1-5(2)6(8)3-4-7;1-4(2)5(7)3-6;;;/h12,15H,3-11H2,1-2H3;12H,4-11H2,1-3H3;11H,4-10H2,1-3H3;2*9,11H,3-8H2,1-2H3;10-11H,3-9H2,1-2H3;2*8,10H,3-7H2,1-2H3;2*7,9H,3-6H2,1-2H3;5H,3-4,7H2,1-2H3;4H,3,6H2,1-2H3;3*1H4. The summed E-state index contributed by atoms with van der Waals surface area (Å²) in [6, 6.07) is 0. The zero-order chi connectivity index (χ0) is 106. The van der Waals surface area contributed by atoms with Crippen LogP contribution in [-0.2, 0) is 38.4 Å². The molecule has 0 saturated carbocycles. The van der Waals surface area contributed by atoms with Crippen LogP contribution in [-0.4, -0.2) is 456 Å². The minimum absolute atomic E-state index is 0. The Morgan fingerprint density at radius 3 is 0.826 bits per heavy atom. The van der Waals surface area contributed by atoms with Gasteiger partial charge in [0.15, 0.2) is 0 Å². The van der Waals surface area contributed by atoms with Crippen LogP contribution in [0.2, 0.25) is 0 Å². The summed E-state index contributed by atoms with van der Waals surface area (Å²) in [6.45, 7) is 105. The van der Waals surface area contributed by atoms with Crippen LogP contribution in [0.3, 0.4) is 0 Å². The lowest BCUT2D eigenvalue weighted by Gasteiger charge is -2.30. The second-order valence-electron chi connectivity index (χ2n) is 44.5. The first-order valence-electron chi connectivity index (χ1n) is 56.7. The Morgan fingerprint density at radius 2 is 0.549 bits per heavy atom. The van der Waals surface area contributed by atoms with Crippen molar-refractivity contribution in [2.24, 2.45) is 82.5 Å². The molecule has 4 amide bonds. The van der Waals surface area contributed by atoms with Crippen LogP contribution in [0.1, 0.15) is 279 Å². The third kappa shape index (κ3) is 85.4. The van der Waals surface area contributed by atoms with E-state index in [2.05, 4.69) is 178 Å². The molecule has 10 heterocycles. The van der Waals surface area contributed by atoms with Crippen LogP contribution in [0.25, 0.3) is 0 Å². The maximum atomic E-state index is 11.6. The number of aliphatic hydroxyl groups excluding tert-OH is 1. The first-order valence-corrected chi connectivity index (χ1v) is 56.7. The van der Waals surface area contributed by atoms with Crippen LogP contribution >= 0.6 is 0 Å². The lowest BCUT2D eigenvalue weighted by molar-refractivity contribution is -0.135. The van der Waals surface area contributed by atoms with Gasteiger partial charge in [-0.1, -0.05) is 195 Å². The number of aliphatic hydroxyl groups is 1. The summed E-state index contributed by atoms with van der Waals surface area (Å²) in [7, 11) is 2.23. The summed E-state index contributed by atoms with van der Waals surface area (Å²) in [5.74, 6) is 7.60. The van der Waals surface area contributed by atoms with Crippen LogP contribution in [0.15, 0.2) is 0 Å². The summed E-state index contributed by atoms with van der Waals surface area (Å²) in [5, 5.41) is 31.8. The molecule has 10 fully saturated rings. The van der Waals surface area contributed by atoms with Gasteiger partial charge in [-0.2, -0.15) is 0 Å². The highest BCUT2D eigenvalue weighted by Crippen LogP contribution is 2.14. The van der Waals surface area contributed by atoms with E-state index in [-0.39, 0.29) is 87.7 Å². The average molecular weight is 2050 g/mol. The molecule has 0 aliphatic carbocycles. The summed E-state index contributed by atoms with van der Waals surface area (Å²) < 4.78 is 0. The number of Topliss-reactive ketones (excluding diaryl/α,β-unsaturated/α-hetero) is 4. The molecule has 0 bridgehead atoms. The normalized spacial score (nSPS) is 18.8. The molecule has 0 radical (unpaired) electrons. The van der Waals surface area contributed by atoms with Crippen LogP contribution in [0.4, 0.5) is 0 Å². The number of β-amino-alcohol motifs (C(OH)–C–C–N with tert-alkyl or cyclic N) is 1. The van der Waals surface area contributed by atoms with Gasteiger partial charge in [-0.3, -0.25) is 43.3 Å². The van der Waals surface area contributed by atoms with Gasteiger partial charge in [0.1, 0.15) is 23.1 Å². The van der Waals surface area contributed by atoms with Crippen molar-refractivity contribution in [3.05, 3.63) is 0 Å². The molecule has 0 spiro atoms. The molecule has 12 N–H and O–H groups in total. The molecule has 0 unspecified atom stereocenters. The fraction of sp³-hybridized carbons (Fsp3) is 0.929. The molecule has 144 heavy (non-hydrogen) atoms. The van der Waals surface area contributed by atoms with Gasteiger partial charge in [-0.15, -0.1) is 0 Å². The third-order valence-electron chi connectivity index (χ3n) is 25.8. The maximum Gasteiger partial charge on any atom is 0.225 e. The van der Waals surface area contributed by atoms with Crippen LogP contribution < -0.4 is 48.7 Å². The largest absolute Gasteiger partial charge is 0.395 e. The third-order valence-corrected chi connectivity index (χ3v) is 25.8. The molecule has 0 aromatic rings. The number of nitrogens with two attached hydrogens (primary N) is 2. The lowest BCUT2D eigenvalue weighted by Crippen LogP contribution is -2.47. The Bertz CT molecular complexity index is 2920. The minimum atomic E-state index is 0. The van der Waals surface area contributed by atoms with Gasteiger partial charge in [0.25, 0.3) is 0 Å². The Morgan fingerprint density at radius 1 is 0.271 bits per heavy atom. The van der Waals surface area contributed by atoms with E-state index in [1.165, 1.54) is 176 Å². The van der Waals surface area contributed by atoms with Crippen LogP contribution in [0.5, 0.6) is 0 Å². The minimum Gasteiger partial charge on any atom is -0.395 e. The molecular weight excluding hydrogens is 1810 g/mol. The number of rotatable bonds is 30. The SMILES string of the molecule is C.C.C.CC(C)C(=O)CCN.CC(C)C(=O)CCN1CCNCC1.CC(C)C(=O)CN.CC(C)C(=O)CN1CCNCC1.CC(C)C(=O)N1CCNCC1.CC(C)C(=O)N1CCNCC1.CC(C)CC(=O)N1CCNCC1.CC(C)CCC(=O)N1CCNCC1.CC(C)CN1CCCN(C)CCC1.CC(C)CN1CCCN(CCO)CCC1.CC(C)CN1CCCNCCC1.CCN1CCCN(CC(C)C)CCC1. The number of carbonyl (C=O) groups excluding carboxylic acids is 8. The van der Waals surface area contributed by atoms with Crippen molar-refractivity contribution in [1.29, 1.82) is 0 Å². The molecule has 10 saturated heterocycles. The van der Waals surface area contributed by atoms with Gasteiger partial charge in [0.05, 0.1) is 19.7 Å². The van der Waals surface area contributed by atoms with E-state index in [9.17, 15) is 38.4 Å². The monoisotopic (exact) mass is 2050 g/mol. The number of nitrogens with zero attached hydrogens (tertiary/aromatic N) is 13. The first-order chi connectivity index (χ1) is 67.0. The molecule has 858 valence electrons. The van der Waals surface area contributed by atoms with Crippen molar-refractivity contribution in [3.8, 4) is 0 Å². The first kappa shape index (κ1) is 148. The molecule has 0 atom stereocenters. The highest BCUT2D eigenvalue weighted by molar-refractivity contribution is 5.83. The van der Waals surface area contributed by atoms with Crippen molar-refractivity contribution in [1.82, 2.24) is 101 Å². The van der Waals surface area contributed by atoms with Gasteiger partial charge in [0, 0.05) is 258 Å². The van der Waals surface area contributed by atoms with Gasteiger partial charge in [-0.05, 0) is 218 Å². The quantitative estimate of drug-likeness (QED) is 0.0319. The molecule has 10 rings (SSSR count). The molecule has 0 aromatic heterocycles. The van der Waals surface area contributed by atoms with E-state index in [1.54, 1.807) is 0 Å². The number of ketones is 4. The maximum absolute atomic E-state index is 11.6. The van der Waals surface area contributed by atoms with Crippen molar-refractivity contribution in [3.63, 3.8) is 0 Å². The fourth-order valence-electron chi connectivity index (χ4n) is 17.2. The molecule has 31 heteroatoms. The van der Waals surface area contributed by atoms with E-state index in [0.717, 1.165) is 226 Å². The van der Waals surface area contributed by atoms with Gasteiger partial charge in [-0.25, -0.2) is 0 Å². The van der Waals surface area contributed by atoms with Gasteiger partial charge in [0.2, 0.25) is 23.6 Å². The van der Waals surface area contributed by atoms with E-state index >= 15 is 0 Å². The van der Waals surface area contributed by atoms with Crippen molar-refractivity contribution in [2.45, 2.75) is 279 Å². The summed E-state index contributed by atoms with van der Waals surface area (Å²) in [4.78, 5) is 120. The molecule has 0 aromatic carbocycles. The van der Waals surface area contributed by atoms with Gasteiger partial charge < -0.3 is 113 Å². The van der Waals surface area contributed by atoms with Crippen molar-refractivity contribution in [2.75, 3.05) is 341 Å². The Kier molecular flexibility index (Phi) is 98.7. The van der Waals surface area contributed by atoms with Gasteiger partial charge >= 0.3 is 0 Å². The predicted octanol–water partition coefficient (Wildman–Crippen LogP) is 10.8. The summed E-state index contributed by atoms with van der Waals surface area (Å²) in [5.41, 5.74) is 10.2. The zero-order valence-corrected chi connectivity index (χ0v) is 96.4.